The van der Waals surface area contributed by atoms with Crippen LogP contribution < -0.4 is 10.2 Å². The van der Waals surface area contributed by atoms with Crippen LogP contribution in [0.15, 0.2) is 36.4 Å². The minimum absolute atomic E-state index is 0.0501. The summed E-state index contributed by atoms with van der Waals surface area (Å²) in [4.78, 5) is 26.4. The first-order valence-corrected chi connectivity index (χ1v) is 8.42. The third-order valence-electron chi connectivity index (χ3n) is 4.85. The molecule has 2 aliphatic rings. The van der Waals surface area contributed by atoms with Crippen LogP contribution in [0.5, 0.6) is 0 Å². The normalized spacial score (nSPS) is 15.4. The van der Waals surface area contributed by atoms with Gasteiger partial charge in [-0.25, -0.2) is 0 Å². The SMILES string of the molecule is Cc1cccc(CNC(=O)c2cc3c4c(c2)CCN4C(=O)CC3)c1. The molecule has 4 heteroatoms. The Morgan fingerprint density at radius 1 is 1.12 bits per heavy atom. The predicted octanol–water partition coefficient (Wildman–Crippen LogP) is 2.76. The maximum atomic E-state index is 12.5. The van der Waals surface area contributed by atoms with Crippen molar-refractivity contribution < 1.29 is 9.59 Å². The van der Waals surface area contributed by atoms with Gasteiger partial charge in [0, 0.05) is 25.1 Å². The van der Waals surface area contributed by atoms with E-state index in [-0.39, 0.29) is 11.8 Å². The van der Waals surface area contributed by atoms with Crippen LogP contribution in [0.2, 0.25) is 0 Å². The molecule has 0 unspecified atom stereocenters. The predicted molar refractivity (Wildman–Crippen MR) is 93.2 cm³/mol. The van der Waals surface area contributed by atoms with Crippen molar-refractivity contribution in [3.05, 3.63) is 64.2 Å². The second-order valence-electron chi connectivity index (χ2n) is 6.61. The fourth-order valence-corrected chi connectivity index (χ4v) is 3.70. The van der Waals surface area contributed by atoms with Gasteiger partial charge in [-0.2, -0.15) is 0 Å². The summed E-state index contributed by atoms with van der Waals surface area (Å²) in [6, 6.07) is 12.0. The maximum absolute atomic E-state index is 12.5. The molecule has 2 heterocycles. The number of amides is 2. The first kappa shape index (κ1) is 14.9. The molecular weight excluding hydrogens is 300 g/mol. The quantitative estimate of drug-likeness (QED) is 0.945. The molecule has 4 nitrogen and oxygen atoms in total. The average Bonchev–Trinajstić information content (AvgIpc) is 3.01. The number of aryl methyl sites for hydroxylation is 2. The minimum atomic E-state index is -0.0501. The van der Waals surface area contributed by atoms with Crippen LogP contribution in [-0.2, 0) is 24.2 Å². The number of nitrogens with one attached hydrogen (secondary N) is 1. The molecule has 122 valence electrons. The largest absolute Gasteiger partial charge is 0.348 e. The highest BCUT2D eigenvalue weighted by atomic mass is 16.2. The zero-order valence-corrected chi connectivity index (χ0v) is 13.8. The molecule has 1 N–H and O–H groups in total. The van der Waals surface area contributed by atoms with Gasteiger partial charge >= 0.3 is 0 Å². The summed E-state index contributed by atoms with van der Waals surface area (Å²) in [5.74, 6) is 0.156. The molecule has 0 saturated carbocycles. The lowest BCUT2D eigenvalue weighted by molar-refractivity contribution is -0.118. The number of carbonyl (C=O) groups excluding carboxylic acids is 2. The number of hydrogen-bond donors (Lipinski definition) is 1. The Labute approximate surface area is 141 Å². The summed E-state index contributed by atoms with van der Waals surface area (Å²) in [6.45, 7) is 3.32. The van der Waals surface area contributed by atoms with E-state index in [0.717, 1.165) is 41.8 Å². The number of hydrogen-bond acceptors (Lipinski definition) is 2. The molecule has 0 bridgehead atoms. The summed E-state index contributed by atoms with van der Waals surface area (Å²) in [5, 5.41) is 3.00. The Morgan fingerprint density at radius 2 is 1.92 bits per heavy atom. The van der Waals surface area contributed by atoms with Crippen molar-refractivity contribution >= 4 is 17.5 Å². The van der Waals surface area contributed by atoms with Gasteiger partial charge in [-0.3, -0.25) is 9.59 Å². The molecule has 2 aliphatic heterocycles. The maximum Gasteiger partial charge on any atom is 0.251 e. The van der Waals surface area contributed by atoms with Crippen LogP contribution in [-0.4, -0.2) is 18.4 Å². The van der Waals surface area contributed by atoms with E-state index >= 15 is 0 Å². The second-order valence-corrected chi connectivity index (χ2v) is 6.61. The van der Waals surface area contributed by atoms with Crippen molar-refractivity contribution in [3.8, 4) is 0 Å². The summed E-state index contributed by atoms with van der Waals surface area (Å²) in [5.41, 5.74) is 6.30. The molecule has 2 amide bonds. The summed E-state index contributed by atoms with van der Waals surface area (Å²) < 4.78 is 0. The van der Waals surface area contributed by atoms with Gasteiger partial charge < -0.3 is 10.2 Å². The van der Waals surface area contributed by atoms with Crippen LogP contribution in [0.4, 0.5) is 5.69 Å². The van der Waals surface area contributed by atoms with E-state index in [4.69, 9.17) is 0 Å². The monoisotopic (exact) mass is 320 g/mol. The highest BCUT2D eigenvalue weighted by Gasteiger charge is 2.31. The van der Waals surface area contributed by atoms with Gasteiger partial charge in [0.2, 0.25) is 5.91 Å². The van der Waals surface area contributed by atoms with E-state index in [0.29, 0.717) is 18.5 Å². The lowest BCUT2D eigenvalue weighted by atomic mass is 9.96. The fraction of sp³-hybridized carbons (Fsp3) is 0.300. The van der Waals surface area contributed by atoms with Gasteiger partial charge in [0.25, 0.3) is 5.91 Å². The van der Waals surface area contributed by atoms with Gasteiger partial charge in [-0.1, -0.05) is 29.8 Å². The van der Waals surface area contributed by atoms with Crippen LogP contribution in [0, 0.1) is 6.92 Å². The number of nitrogens with zero attached hydrogens (tertiary/aromatic N) is 1. The molecule has 0 radical (unpaired) electrons. The fourth-order valence-electron chi connectivity index (χ4n) is 3.70. The second kappa shape index (κ2) is 5.78. The smallest absolute Gasteiger partial charge is 0.251 e. The Kier molecular flexibility index (Phi) is 3.60. The molecule has 2 aromatic rings. The average molecular weight is 320 g/mol. The highest BCUT2D eigenvalue weighted by Crippen LogP contribution is 2.37. The molecule has 0 fully saturated rings. The standard InChI is InChI=1S/C20H20N2O2/c1-13-3-2-4-14(9-13)12-21-20(24)17-10-15-5-6-18(23)22-8-7-16(11-17)19(15)22/h2-4,9-11H,5-8,12H2,1H3,(H,21,24). The Hall–Kier alpha value is -2.62. The van der Waals surface area contributed by atoms with Crippen molar-refractivity contribution in [1.29, 1.82) is 0 Å². The third-order valence-corrected chi connectivity index (χ3v) is 4.85. The zero-order chi connectivity index (χ0) is 16.7. The molecular formula is C20H20N2O2. The lowest BCUT2D eigenvalue weighted by Gasteiger charge is -2.25. The van der Waals surface area contributed by atoms with Crippen molar-refractivity contribution in [2.75, 3.05) is 11.4 Å². The number of carbonyl (C=O) groups is 2. The summed E-state index contributed by atoms with van der Waals surface area (Å²) >= 11 is 0. The topological polar surface area (TPSA) is 49.4 Å². The summed E-state index contributed by atoms with van der Waals surface area (Å²) in [6.07, 6.45) is 2.12. The molecule has 4 rings (SSSR count). The van der Waals surface area contributed by atoms with Gasteiger partial charge in [0.15, 0.2) is 0 Å². The van der Waals surface area contributed by atoms with Crippen molar-refractivity contribution in [2.24, 2.45) is 0 Å². The van der Waals surface area contributed by atoms with Gasteiger partial charge in [-0.15, -0.1) is 0 Å². The van der Waals surface area contributed by atoms with Crippen molar-refractivity contribution in [2.45, 2.75) is 32.7 Å². The minimum Gasteiger partial charge on any atom is -0.348 e. The highest BCUT2D eigenvalue weighted by molar-refractivity contribution is 6.01. The van der Waals surface area contributed by atoms with Crippen molar-refractivity contribution in [1.82, 2.24) is 5.32 Å². The van der Waals surface area contributed by atoms with E-state index < -0.39 is 0 Å². The summed E-state index contributed by atoms with van der Waals surface area (Å²) in [7, 11) is 0. The van der Waals surface area contributed by atoms with Gasteiger partial charge in [0.1, 0.15) is 0 Å². The lowest BCUT2D eigenvalue weighted by Crippen LogP contribution is -2.33. The zero-order valence-electron chi connectivity index (χ0n) is 13.8. The Morgan fingerprint density at radius 3 is 2.71 bits per heavy atom. The van der Waals surface area contributed by atoms with E-state index in [9.17, 15) is 9.59 Å². The number of rotatable bonds is 3. The van der Waals surface area contributed by atoms with Gasteiger partial charge in [0.05, 0.1) is 5.69 Å². The van der Waals surface area contributed by atoms with Gasteiger partial charge in [-0.05, 0) is 48.6 Å². The molecule has 0 aromatic heterocycles. The molecule has 0 aliphatic carbocycles. The van der Waals surface area contributed by atoms with Crippen molar-refractivity contribution in [3.63, 3.8) is 0 Å². The van der Waals surface area contributed by atoms with E-state index in [1.165, 1.54) is 5.56 Å². The van der Waals surface area contributed by atoms with E-state index in [2.05, 4.69) is 11.4 Å². The first-order valence-electron chi connectivity index (χ1n) is 8.42. The number of benzene rings is 2. The molecule has 24 heavy (non-hydrogen) atoms. The number of anilines is 1. The first-order chi connectivity index (χ1) is 11.6. The molecule has 0 saturated heterocycles. The van der Waals surface area contributed by atoms with Crippen LogP contribution >= 0.6 is 0 Å². The van der Waals surface area contributed by atoms with Crippen LogP contribution in [0.3, 0.4) is 0 Å². The van der Waals surface area contributed by atoms with E-state index in [1.807, 2.05) is 42.2 Å². The van der Waals surface area contributed by atoms with Crippen LogP contribution in [0.1, 0.15) is 39.0 Å². The van der Waals surface area contributed by atoms with E-state index in [1.54, 1.807) is 0 Å². The third kappa shape index (κ3) is 2.58. The Bertz CT molecular complexity index is 842. The van der Waals surface area contributed by atoms with Crippen LogP contribution in [0.25, 0.3) is 0 Å². The molecule has 0 atom stereocenters. The molecule has 2 aromatic carbocycles. The Balaban J connectivity index is 1.55. The molecule has 0 spiro atoms.